The van der Waals surface area contributed by atoms with Gasteiger partial charge in [0, 0.05) is 11.3 Å². The number of alkyl halides is 3. The lowest BCUT2D eigenvalue weighted by Gasteiger charge is -2.15. The second-order valence-electron chi connectivity index (χ2n) is 6.76. The summed E-state index contributed by atoms with van der Waals surface area (Å²) in [6, 6.07) is 9.33. The first kappa shape index (κ1) is 24.5. The second-order valence-corrected chi connectivity index (χ2v) is 6.76. The summed E-state index contributed by atoms with van der Waals surface area (Å²) < 4.78 is 49.9. The van der Waals surface area contributed by atoms with E-state index in [-0.39, 0.29) is 11.3 Å². The zero-order valence-corrected chi connectivity index (χ0v) is 17.8. The van der Waals surface area contributed by atoms with Crippen molar-refractivity contribution in [3.8, 4) is 17.6 Å². The van der Waals surface area contributed by atoms with E-state index < -0.39 is 17.6 Å². The van der Waals surface area contributed by atoms with Crippen molar-refractivity contribution < 1.29 is 27.4 Å². The minimum absolute atomic E-state index is 0.0702. The van der Waals surface area contributed by atoms with Crippen LogP contribution >= 0.6 is 0 Å². The van der Waals surface area contributed by atoms with E-state index in [0.717, 1.165) is 24.1 Å². The molecule has 0 bridgehead atoms. The van der Waals surface area contributed by atoms with Crippen molar-refractivity contribution in [2.75, 3.05) is 19.0 Å². The number of anilines is 1. The van der Waals surface area contributed by atoms with Gasteiger partial charge in [0.1, 0.15) is 11.6 Å². The molecule has 168 valence electrons. The van der Waals surface area contributed by atoms with Gasteiger partial charge in [-0.2, -0.15) is 18.4 Å². The van der Waals surface area contributed by atoms with Crippen molar-refractivity contribution in [2.45, 2.75) is 25.9 Å². The minimum Gasteiger partial charge on any atom is -0.493 e. The number of allylic oxidation sites excluding steroid dienone is 1. The Hall–Kier alpha value is -3.73. The quantitative estimate of drug-likeness (QED) is 0.303. The van der Waals surface area contributed by atoms with Crippen LogP contribution in [0, 0.1) is 11.3 Å². The maximum Gasteiger partial charge on any atom is 0.416 e. The molecule has 2 rings (SSSR count). The maximum absolute atomic E-state index is 12.9. The van der Waals surface area contributed by atoms with Crippen LogP contribution in [0.4, 0.5) is 18.9 Å². The SMILES string of the molecule is C=CCc1cc(/C=C(\C#N)C(=O)Nc2cccc(C(F)(F)F)c2)cc(OC)c1OCCC. The van der Waals surface area contributed by atoms with E-state index in [9.17, 15) is 23.2 Å². The first-order chi connectivity index (χ1) is 15.2. The third-order valence-corrected chi connectivity index (χ3v) is 4.31. The van der Waals surface area contributed by atoms with E-state index in [1.54, 1.807) is 24.3 Å². The molecule has 0 aromatic heterocycles. The first-order valence-electron chi connectivity index (χ1n) is 9.78. The molecule has 0 atom stereocenters. The highest BCUT2D eigenvalue weighted by Gasteiger charge is 2.30. The summed E-state index contributed by atoms with van der Waals surface area (Å²) >= 11 is 0. The van der Waals surface area contributed by atoms with Gasteiger partial charge in [0.05, 0.1) is 19.3 Å². The summed E-state index contributed by atoms with van der Waals surface area (Å²) in [7, 11) is 1.48. The summed E-state index contributed by atoms with van der Waals surface area (Å²) in [5.74, 6) is 0.153. The lowest BCUT2D eigenvalue weighted by Crippen LogP contribution is -2.14. The van der Waals surface area contributed by atoms with Crippen molar-refractivity contribution in [1.82, 2.24) is 0 Å². The Balaban J connectivity index is 2.38. The number of nitriles is 1. The predicted molar refractivity (Wildman–Crippen MR) is 116 cm³/mol. The molecule has 2 aromatic rings. The minimum atomic E-state index is -4.55. The van der Waals surface area contributed by atoms with Crippen LogP contribution in [0.1, 0.15) is 30.0 Å². The molecule has 8 heteroatoms. The maximum atomic E-state index is 12.9. The van der Waals surface area contributed by atoms with Crippen LogP contribution < -0.4 is 14.8 Å². The Morgan fingerprint density at radius 3 is 2.62 bits per heavy atom. The molecule has 2 aromatic carbocycles. The highest BCUT2D eigenvalue weighted by Crippen LogP contribution is 2.35. The van der Waals surface area contributed by atoms with Gasteiger partial charge >= 0.3 is 6.18 Å². The van der Waals surface area contributed by atoms with Gasteiger partial charge in [-0.3, -0.25) is 4.79 Å². The second kappa shape index (κ2) is 11.0. The van der Waals surface area contributed by atoms with Crippen LogP contribution in [0.15, 0.2) is 54.6 Å². The molecule has 0 fully saturated rings. The van der Waals surface area contributed by atoms with Gasteiger partial charge in [-0.15, -0.1) is 6.58 Å². The smallest absolute Gasteiger partial charge is 0.416 e. The summed E-state index contributed by atoms with van der Waals surface area (Å²) in [4.78, 5) is 12.5. The van der Waals surface area contributed by atoms with Crippen LogP contribution in [0.3, 0.4) is 0 Å². The fraction of sp³-hybridized carbons (Fsp3) is 0.250. The van der Waals surface area contributed by atoms with Gasteiger partial charge < -0.3 is 14.8 Å². The van der Waals surface area contributed by atoms with Gasteiger partial charge in [-0.05, 0) is 54.8 Å². The van der Waals surface area contributed by atoms with Gasteiger partial charge in [0.25, 0.3) is 5.91 Å². The highest BCUT2D eigenvalue weighted by molar-refractivity contribution is 6.09. The van der Waals surface area contributed by atoms with Gasteiger partial charge in [0.2, 0.25) is 0 Å². The molecule has 0 radical (unpaired) electrons. The third-order valence-electron chi connectivity index (χ3n) is 4.31. The fourth-order valence-corrected chi connectivity index (χ4v) is 2.88. The number of carbonyl (C=O) groups excluding carboxylic acids is 1. The van der Waals surface area contributed by atoms with E-state index in [2.05, 4.69) is 11.9 Å². The van der Waals surface area contributed by atoms with Gasteiger partial charge in [-0.25, -0.2) is 0 Å². The number of benzene rings is 2. The number of halogens is 3. The van der Waals surface area contributed by atoms with E-state index >= 15 is 0 Å². The van der Waals surface area contributed by atoms with Gasteiger partial charge in [-0.1, -0.05) is 19.1 Å². The molecular formula is C24H23F3N2O3. The average molecular weight is 444 g/mol. The molecule has 0 heterocycles. The van der Waals surface area contributed by atoms with E-state index in [0.29, 0.717) is 30.1 Å². The van der Waals surface area contributed by atoms with Crippen LogP contribution in [0.2, 0.25) is 0 Å². The van der Waals surface area contributed by atoms with E-state index in [4.69, 9.17) is 9.47 Å². The van der Waals surface area contributed by atoms with Crippen molar-refractivity contribution in [3.63, 3.8) is 0 Å². The Labute approximate surface area is 184 Å². The standard InChI is InChI=1S/C24H23F3N2O3/c1-4-7-17-11-16(13-21(31-3)22(17)32-10-5-2)12-18(15-28)23(30)29-20-9-6-8-19(14-20)24(25,26)27/h4,6,8-9,11-14H,1,5,7,10H2,2-3H3,(H,29,30)/b18-12+. The Morgan fingerprint density at radius 2 is 2.03 bits per heavy atom. The fourth-order valence-electron chi connectivity index (χ4n) is 2.88. The Bertz CT molecular complexity index is 1050. The van der Waals surface area contributed by atoms with Crippen molar-refractivity contribution in [1.29, 1.82) is 5.26 Å². The summed E-state index contributed by atoms with van der Waals surface area (Å²) in [5, 5.41) is 11.8. The highest BCUT2D eigenvalue weighted by atomic mass is 19.4. The lowest BCUT2D eigenvalue weighted by atomic mass is 10.0. The third kappa shape index (κ3) is 6.38. The zero-order chi connectivity index (χ0) is 23.7. The normalized spacial score (nSPS) is 11.4. The number of carbonyl (C=O) groups is 1. The molecule has 0 spiro atoms. The largest absolute Gasteiger partial charge is 0.493 e. The van der Waals surface area contributed by atoms with Crippen LogP contribution in [0.25, 0.3) is 6.08 Å². The van der Waals surface area contributed by atoms with Crippen LogP contribution in [-0.4, -0.2) is 19.6 Å². The molecule has 0 saturated heterocycles. The number of nitrogens with zero attached hydrogens (tertiary/aromatic N) is 1. The molecular weight excluding hydrogens is 421 g/mol. The van der Waals surface area contributed by atoms with Crippen LogP contribution in [-0.2, 0) is 17.4 Å². The number of rotatable bonds is 9. The summed E-state index contributed by atoms with van der Waals surface area (Å²) in [6.07, 6.45) is -0.259. The molecule has 0 aliphatic heterocycles. The molecule has 1 amide bonds. The Morgan fingerprint density at radius 1 is 1.28 bits per heavy atom. The molecule has 32 heavy (non-hydrogen) atoms. The molecule has 5 nitrogen and oxygen atoms in total. The number of methoxy groups -OCH3 is 1. The summed E-state index contributed by atoms with van der Waals surface area (Å²) in [5.41, 5.74) is 0.00244. The molecule has 0 aliphatic carbocycles. The zero-order valence-electron chi connectivity index (χ0n) is 17.8. The lowest BCUT2D eigenvalue weighted by molar-refractivity contribution is -0.137. The average Bonchev–Trinajstić information content (AvgIpc) is 2.76. The number of ether oxygens (including phenoxy) is 2. The van der Waals surface area contributed by atoms with Crippen LogP contribution in [0.5, 0.6) is 11.5 Å². The molecule has 0 saturated carbocycles. The van der Waals surface area contributed by atoms with E-state index in [1.807, 2.05) is 6.92 Å². The number of nitrogens with one attached hydrogen (secondary N) is 1. The monoisotopic (exact) mass is 444 g/mol. The number of hydrogen-bond acceptors (Lipinski definition) is 4. The Kier molecular flexibility index (Phi) is 8.47. The van der Waals surface area contributed by atoms with E-state index in [1.165, 1.54) is 25.3 Å². The molecule has 0 aliphatic rings. The number of amides is 1. The van der Waals surface area contributed by atoms with Crippen molar-refractivity contribution >= 4 is 17.7 Å². The van der Waals surface area contributed by atoms with Crippen molar-refractivity contribution in [3.05, 3.63) is 71.3 Å². The molecule has 1 N–H and O–H groups in total. The molecule has 0 unspecified atom stereocenters. The predicted octanol–water partition coefficient (Wildman–Crippen LogP) is 5.78. The topological polar surface area (TPSA) is 71.4 Å². The number of hydrogen-bond donors (Lipinski definition) is 1. The summed E-state index contributed by atoms with van der Waals surface area (Å²) in [6.45, 7) is 6.19. The van der Waals surface area contributed by atoms with Crippen molar-refractivity contribution in [2.24, 2.45) is 0 Å². The van der Waals surface area contributed by atoms with Gasteiger partial charge in [0.15, 0.2) is 11.5 Å². The first-order valence-corrected chi connectivity index (χ1v) is 9.78.